The number of hydrogen-bond acceptors (Lipinski definition) is 5. The molecular formula is C30H35BrClN3O5S. The Kier molecular flexibility index (Phi) is 11.6. The van der Waals surface area contributed by atoms with E-state index in [2.05, 4.69) is 21.2 Å². The molecule has 3 rings (SSSR count). The van der Waals surface area contributed by atoms with Crippen molar-refractivity contribution >= 4 is 55.1 Å². The number of carbonyl (C=O) groups excluding carboxylic acids is 2. The quantitative estimate of drug-likeness (QED) is 0.228. The number of hydrogen-bond donors (Lipinski definition) is 1. The number of rotatable bonds is 13. The van der Waals surface area contributed by atoms with Crippen LogP contribution < -0.4 is 14.4 Å². The van der Waals surface area contributed by atoms with Crippen LogP contribution in [0, 0.1) is 6.92 Å². The van der Waals surface area contributed by atoms with E-state index in [-0.39, 0.29) is 17.3 Å². The molecule has 2 amide bonds. The number of methoxy groups -OCH3 is 1. The topological polar surface area (TPSA) is 96.0 Å². The molecule has 41 heavy (non-hydrogen) atoms. The summed E-state index contributed by atoms with van der Waals surface area (Å²) in [4.78, 5) is 28.4. The number of benzene rings is 3. The first-order valence-corrected chi connectivity index (χ1v) is 15.8. The van der Waals surface area contributed by atoms with Crippen molar-refractivity contribution in [1.29, 1.82) is 0 Å². The highest BCUT2D eigenvalue weighted by Crippen LogP contribution is 2.31. The zero-order valence-corrected chi connectivity index (χ0v) is 26.7. The Morgan fingerprint density at radius 3 is 2.37 bits per heavy atom. The summed E-state index contributed by atoms with van der Waals surface area (Å²) in [6.45, 7) is 5.50. The lowest BCUT2D eigenvalue weighted by molar-refractivity contribution is -0.139. The van der Waals surface area contributed by atoms with Crippen LogP contribution in [0.4, 0.5) is 5.69 Å². The van der Waals surface area contributed by atoms with Gasteiger partial charge in [0.15, 0.2) is 0 Å². The molecule has 0 aliphatic heterocycles. The smallest absolute Gasteiger partial charge is 0.264 e. The van der Waals surface area contributed by atoms with E-state index in [4.69, 9.17) is 16.3 Å². The van der Waals surface area contributed by atoms with Crippen molar-refractivity contribution in [3.63, 3.8) is 0 Å². The summed E-state index contributed by atoms with van der Waals surface area (Å²) in [5, 5.41) is 3.31. The number of aryl methyl sites for hydroxylation is 1. The molecule has 3 aromatic carbocycles. The second-order valence-corrected chi connectivity index (χ2v) is 12.7. The Morgan fingerprint density at radius 2 is 1.76 bits per heavy atom. The van der Waals surface area contributed by atoms with E-state index in [1.54, 1.807) is 61.5 Å². The van der Waals surface area contributed by atoms with Gasteiger partial charge in [-0.2, -0.15) is 0 Å². The predicted octanol–water partition coefficient (Wildman–Crippen LogP) is 5.95. The van der Waals surface area contributed by atoms with Gasteiger partial charge in [-0.15, -0.1) is 0 Å². The average molecular weight is 665 g/mol. The Morgan fingerprint density at radius 1 is 1.07 bits per heavy atom. The largest absolute Gasteiger partial charge is 0.496 e. The highest BCUT2D eigenvalue weighted by Gasteiger charge is 2.33. The molecule has 0 heterocycles. The van der Waals surface area contributed by atoms with Crippen LogP contribution in [0.3, 0.4) is 0 Å². The molecule has 8 nitrogen and oxygen atoms in total. The molecule has 11 heteroatoms. The zero-order chi connectivity index (χ0) is 30.2. The van der Waals surface area contributed by atoms with Crippen molar-refractivity contribution in [2.75, 3.05) is 24.5 Å². The van der Waals surface area contributed by atoms with Crippen LogP contribution in [0.25, 0.3) is 0 Å². The van der Waals surface area contributed by atoms with Crippen molar-refractivity contribution < 1.29 is 22.7 Å². The predicted molar refractivity (Wildman–Crippen MR) is 166 cm³/mol. The normalized spacial score (nSPS) is 12.0. The maximum atomic E-state index is 14.0. The van der Waals surface area contributed by atoms with Crippen LogP contribution in [0.5, 0.6) is 5.75 Å². The third-order valence-corrected chi connectivity index (χ3v) is 9.37. The molecule has 0 spiro atoms. The molecular weight excluding hydrogens is 630 g/mol. The molecule has 0 fully saturated rings. The second-order valence-electron chi connectivity index (χ2n) is 9.58. The van der Waals surface area contributed by atoms with E-state index in [0.29, 0.717) is 33.0 Å². The maximum Gasteiger partial charge on any atom is 0.264 e. The molecule has 0 aliphatic rings. The first kappa shape index (κ1) is 32.4. The summed E-state index contributed by atoms with van der Waals surface area (Å²) in [6, 6.07) is 17.4. The van der Waals surface area contributed by atoms with Crippen LogP contribution in [0.2, 0.25) is 5.02 Å². The van der Waals surface area contributed by atoms with Crippen molar-refractivity contribution in [3.05, 3.63) is 87.4 Å². The van der Waals surface area contributed by atoms with Gasteiger partial charge >= 0.3 is 0 Å². The van der Waals surface area contributed by atoms with E-state index >= 15 is 0 Å². The van der Waals surface area contributed by atoms with E-state index in [1.165, 1.54) is 24.1 Å². The molecule has 220 valence electrons. The summed E-state index contributed by atoms with van der Waals surface area (Å²) in [7, 11) is -2.73. The molecule has 0 saturated heterocycles. The fraction of sp³-hybridized carbons (Fsp3) is 0.333. The molecule has 1 atom stereocenters. The molecule has 0 bridgehead atoms. The molecule has 0 saturated carbocycles. The van der Waals surface area contributed by atoms with Gasteiger partial charge in [0.25, 0.3) is 10.0 Å². The first-order chi connectivity index (χ1) is 19.5. The summed E-state index contributed by atoms with van der Waals surface area (Å²) in [6.07, 6.45) is 1.70. The Labute approximate surface area is 255 Å². The monoisotopic (exact) mass is 663 g/mol. The van der Waals surface area contributed by atoms with Gasteiger partial charge in [-0.3, -0.25) is 13.9 Å². The Bertz CT molecular complexity index is 1470. The van der Waals surface area contributed by atoms with Crippen LogP contribution in [-0.4, -0.2) is 51.4 Å². The number of sulfonamides is 1. The number of unbranched alkanes of at least 4 members (excludes halogenated alkanes) is 1. The van der Waals surface area contributed by atoms with Crippen LogP contribution >= 0.6 is 27.5 Å². The summed E-state index contributed by atoms with van der Waals surface area (Å²) in [5.41, 5.74) is 1.88. The highest BCUT2D eigenvalue weighted by atomic mass is 79.9. The van der Waals surface area contributed by atoms with Gasteiger partial charge in [0.05, 0.1) is 22.2 Å². The van der Waals surface area contributed by atoms with E-state index < -0.39 is 28.5 Å². The number of nitrogens with one attached hydrogen (secondary N) is 1. The minimum atomic E-state index is -4.21. The molecule has 0 aromatic heterocycles. The van der Waals surface area contributed by atoms with Crippen LogP contribution in [-0.2, 0) is 26.2 Å². The van der Waals surface area contributed by atoms with Gasteiger partial charge in [0.2, 0.25) is 11.8 Å². The molecule has 0 radical (unpaired) electrons. The van der Waals surface area contributed by atoms with E-state index in [9.17, 15) is 18.0 Å². The summed E-state index contributed by atoms with van der Waals surface area (Å²) < 4.78 is 34.8. The Hall–Kier alpha value is -3.08. The van der Waals surface area contributed by atoms with Crippen molar-refractivity contribution in [1.82, 2.24) is 10.2 Å². The van der Waals surface area contributed by atoms with Gasteiger partial charge in [0, 0.05) is 18.1 Å². The minimum absolute atomic E-state index is 0.0245. The fourth-order valence-electron chi connectivity index (χ4n) is 4.10. The van der Waals surface area contributed by atoms with Crippen molar-refractivity contribution in [2.24, 2.45) is 0 Å². The first-order valence-electron chi connectivity index (χ1n) is 13.2. The lowest BCUT2D eigenvalue weighted by Gasteiger charge is -2.32. The van der Waals surface area contributed by atoms with Gasteiger partial charge in [0.1, 0.15) is 18.3 Å². The van der Waals surface area contributed by atoms with Crippen LogP contribution in [0.1, 0.15) is 37.8 Å². The number of ether oxygens (including phenoxy) is 1. The van der Waals surface area contributed by atoms with Gasteiger partial charge in [-0.05, 0) is 78.2 Å². The van der Waals surface area contributed by atoms with Gasteiger partial charge < -0.3 is 15.0 Å². The van der Waals surface area contributed by atoms with Gasteiger partial charge in [-0.25, -0.2) is 8.42 Å². The summed E-state index contributed by atoms with van der Waals surface area (Å²) >= 11 is 9.76. The molecule has 0 aliphatic carbocycles. The zero-order valence-electron chi connectivity index (χ0n) is 23.6. The van der Waals surface area contributed by atoms with Gasteiger partial charge in [-0.1, -0.05) is 60.8 Å². The maximum absolute atomic E-state index is 14.0. The lowest BCUT2D eigenvalue weighted by atomic mass is 10.1. The number of anilines is 1. The Balaban J connectivity index is 2.03. The SMILES string of the molecule is CCCCNC(=O)[C@H](C)N(Cc1ccccc1Cl)C(=O)CN(c1ccc(C)cc1)S(=O)(=O)c1ccc(OC)c(Br)c1. The third kappa shape index (κ3) is 8.24. The van der Waals surface area contributed by atoms with E-state index in [0.717, 1.165) is 22.7 Å². The van der Waals surface area contributed by atoms with Crippen molar-refractivity contribution in [2.45, 2.75) is 51.1 Å². The standard InChI is InChI=1S/C30H35BrClN3O5S/c1-5-6-17-33-30(37)22(3)34(19-23-9-7-8-10-27(23)32)29(36)20-35(24-13-11-21(2)12-14-24)41(38,39)25-15-16-28(40-4)26(31)18-25/h7-16,18,22H,5-6,17,19-20H2,1-4H3,(H,33,37)/t22-/m0/s1. The third-order valence-electron chi connectivity index (χ3n) is 6.61. The lowest BCUT2D eigenvalue weighted by Crippen LogP contribution is -2.51. The number of nitrogens with zero attached hydrogens (tertiary/aromatic N) is 2. The molecule has 3 aromatic rings. The minimum Gasteiger partial charge on any atom is -0.496 e. The van der Waals surface area contributed by atoms with Crippen molar-refractivity contribution in [3.8, 4) is 5.75 Å². The number of carbonyl (C=O) groups is 2. The molecule has 1 N–H and O–H groups in total. The fourth-order valence-corrected chi connectivity index (χ4v) is 6.43. The van der Waals surface area contributed by atoms with E-state index in [1.807, 2.05) is 13.8 Å². The average Bonchev–Trinajstić information content (AvgIpc) is 2.95. The summed E-state index contributed by atoms with van der Waals surface area (Å²) in [5.74, 6) is -0.418. The number of halogens is 2. The number of amides is 2. The van der Waals surface area contributed by atoms with Crippen LogP contribution in [0.15, 0.2) is 76.1 Å². The second kappa shape index (κ2) is 14.7. The molecule has 0 unspecified atom stereocenters. The highest BCUT2D eigenvalue weighted by molar-refractivity contribution is 9.10.